The van der Waals surface area contributed by atoms with Crippen molar-refractivity contribution in [2.45, 2.75) is 55.0 Å². The number of amides is 2. The lowest BCUT2D eigenvalue weighted by molar-refractivity contribution is -0.142. The average molecular weight is 626 g/mol. The van der Waals surface area contributed by atoms with E-state index in [0.29, 0.717) is 30.6 Å². The van der Waals surface area contributed by atoms with Gasteiger partial charge in [0.25, 0.3) is 0 Å². The molecule has 1 fully saturated rings. The van der Waals surface area contributed by atoms with Crippen molar-refractivity contribution >= 4 is 51.1 Å². The van der Waals surface area contributed by atoms with E-state index in [-0.39, 0.29) is 23.0 Å². The Morgan fingerprint density at radius 1 is 1.02 bits per heavy atom. The number of benzene rings is 2. The average Bonchev–Trinajstić information content (AvgIpc) is 3.41. The largest absolute Gasteiger partial charge is 0.480 e. The van der Waals surface area contributed by atoms with Crippen LogP contribution in [0.5, 0.6) is 0 Å². The fraction of sp³-hybridized carbons (Fsp3) is 0.333. The van der Waals surface area contributed by atoms with Crippen LogP contribution in [0.2, 0.25) is 0 Å². The van der Waals surface area contributed by atoms with E-state index in [1.54, 1.807) is 55.6 Å². The predicted molar refractivity (Wildman–Crippen MR) is 166 cm³/mol. The number of nitrogens with one attached hydrogen (secondary N) is 3. The van der Waals surface area contributed by atoms with Crippen molar-refractivity contribution in [2.24, 2.45) is 0 Å². The molecule has 3 aromatic rings. The SMILES string of the molecule is CC1SC[C@@H](C(=O)N[C@@H](Cc2ccc(NC(=O)CCCCNc3ccccn3)cc2)C(=O)O)N1S(=O)(=O)c1ccccc1. The van der Waals surface area contributed by atoms with Crippen molar-refractivity contribution in [3.05, 3.63) is 84.6 Å². The fourth-order valence-corrected chi connectivity index (χ4v) is 7.97. The molecule has 0 spiro atoms. The maximum Gasteiger partial charge on any atom is 0.326 e. The molecule has 13 heteroatoms. The number of carbonyl (C=O) groups is 3. The maximum atomic E-state index is 13.3. The Kier molecular flexibility index (Phi) is 11.1. The van der Waals surface area contributed by atoms with E-state index in [2.05, 4.69) is 20.9 Å². The third kappa shape index (κ3) is 8.78. The highest BCUT2D eigenvalue weighted by atomic mass is 32.2. The quantitative estimate of drug-likeness (QED) is 0.197. The maximum absolute atomic E-state index is 13.3. The summed E-state index contributed by atoms with van der Waals surface area (Å²) in [7, 11) is -3.97. The van der Waals surface area contributed by atoms with E-state index in [0.717, 1.165) is 16.5 Å². The fourth-order valence-electron chi connectivity index (χ4n) is 4.64. The van der Waals surface area contributed by atoms with E-state index < -0.39 is 39.4 Å². The monoisotopic (exact) mass is 625 g/mol. The van der Waals surface area contributed by atoms with E-state index in [9.17, 15) is 27.9 Å². The van der Waals surface area contributed by atoms with Gasteiger partial charge in [-0.05, 0) is 61.7 Å². The Balaban J connectivity index is 1.28. The molecule has 0 bridgehead atoms. The molecule has 43 heavy (non-hydrogen) atoms. The minimum Gasteiger partial charge on any atom is -0.480 e. The van der Waals surface area contributed by atoms with Crippen LogP contribution in [-0.4, -0.2) is 70.4 Å². The topological polar surface area (TPSA) is 158 Å². The number of aromatic nitrogens is 1. The number of thioether (sulfide) groups is 1. The molecular formula is C30H35N5O6S2. The van der Waals surface area contributed by atoms with Crippen LogP contribution >= 0.6 is 11.8 Å². The molecule has 0 radical (unpaired) electrons. The van der Waals surface area contributed by atoms with Gasteiger partial charge in [-0.25, -0.2) is 18.2 Å². The van der Waals surface area contributed by atoms with Crippen LogP contribution in [0, 0.1) is 0 Å². The number of unbranched alkanes of at least 4 members (excludes halogenated alkanes) is 1. The number of carboxylic acid groups (broad SMARTS) is 1. The van der Waals surface area contributed by atoms with Crippen molar-refractivity contribution in [1.82, 2.24) is 14.6 Å². The van der Waals surface area contributed by atoms with Crippen molar-refractivity contribution < 1.29 is 27.9 Å². The Morgan fingerprint density at radius 3 is 2.42 bits per heavy atom. The van der Waals surface area contributed by atoms with Gasteiger partial charge in [-0.1, -0.05) is 36.4 Å². The van der Waals surface area contributed by atoms with Gasteiger partial charge < -0.3 is 21.1 Å². The van der Waals surface area contributed by atoms with Gasteiger partial charge in [0.2, 0.25) is 21.8 Å². The Bertz CT molecular complexity index is 1490. The van der Waals surface area contributed by atoms with Crippen LogP contribution in [-0.2, 0) is 30.8 Å². The van der Waals surface area contributed by atoms with Gasteiger partial charge in [0, 0.05) is 37.0 Å². The third-order valence-electron chi connectivity index (χ3n) is 6.88. The number of carboxylic acids is 1. The number of hydrogen-bond acceptors (Lipinski definition) is 8. The summed E-state index contributed by atoms with van der Waals surface area (Å²) < 4.78 is 27.8. The van der Waals surface area contributed by atoms with E-state index in [4.69, 9.17) is 0 Å². The van der Waals surface area contributed by atoms with Crippen molar-refractivity contribution in [2.75, 3.05) is 22.9 Å². The summed E-state index contributed by atoms with van der Waals surface area (Å²) in [5.41, 5.74) is 1.21. The zero-order valence-corrected chi connectivity index (χ0v) is 25.3. The summed E-state index contributed by atoms with van der Waals surface area (Å²) >= 11 is 1.31. The molecule has 1 aromatic heterocycles. The van der Waals surface area contributed by atoms with E-state index in [1.807, 2.05) is 18.2 Å². The van der Waals surface area contributed by atoms with Gasteiger partial charge in [0.15, 0.2) is 0 Å². The highest BCUT2D eigenvalue weighted by Gasteiger charge is 2.45. The molecule has 4 rings (SSSR count). The van der Waals surface area contributed by atoms with Crippen LogP contribution in [0.25, 0.3) is 0 Å². The zero-order valence-electron chi connectivity index (χ0n) is 23.7. The highest BCUT2D eigenvalue weighted by Crippen LogP contribution is 2.34. The van der Waals surface area contributed by atoms with Crippen LogP contribution in [0.15, 0.2) is 83.9 Å². The molecule has 1 aliphatic rings. The molecular weight excluding hydrogens is 590 g/mol. The lowest BCUT2D eigenvalue weighted by Crippen LogP contribution is -2.53. The Labute approximate surface area is 255 Å². The molecule has 0 saturated carbocycles. The van der Waals surface area contributed by atoms with Crippen LogP contribution in [0.3, 0.4) is 0 Å². The van der Waals surface area contributed by atoms with Gasteiger partial charge in [0.1, 0.15) is 17.9 Å². The summed E-state index contributed by atoms with van der Waals surface area (Å²) in [6.45, 7) is 2.41. The van der Waals surface area contributed by atoms with Gasteiger partial charge in [-0.2, -0.15) is 4.31 Å². The minimum absolute atomic E-state index is 0.0145. The normalized spacial score (nSPS) is 17.6. The molecule has 1 aliphatic heterocycles. The van der Waals surface area contributed by atoms with E-state index >= 15 is 0 Å². The molecule has 1 unspecified atom stereocenters. The second-order valence-electron chi connectivity index (χ2n) is 10.0. The number of carbonyl (C=O) groups excluding carboxylic acids is 2. The van der Waals surface area contributed by atoms with Gasteiger partial charge in [-0.15, -0.1) is 11.8 Å². The molecule has 2 heterocycles. The first-order chi connectivity index (χ1) is 20.6. The van der Waals surface area contributed by atoms with Gasteiger partial charge in [-0.3, -0.25) is 9.59 Å². The third-order valence-corrected chi connectivity index (χ3v) is 10.2. The summed E-state index contributed by atoms with van der Waals surface area (Å²) in [4.78, 5) is 41.9. The first-order valence-electron chi connectivity index (χ1n) is 13.9. The predicted octanol–water partition coefficient (Wildman–Crippen LogP) is 3.57. The van der Waals surface area contributed by atoms with Crippen LogP contribution in [0.4, 0.5) is 11.5 Å². The first kappa shape index (κ1) is 32.0. The van der Waals surface area contributed by atoms with Crippen LogP contribution < -0.4 is 16.0 Å². The van der Waals surface area contributed by atoms with Crippen molar-refractivity contribution in [1.29, 1.82) is 0 Å². The summed E-state index contributed by atoms with van der Waals surface area (Å²) in [6, 6.07) is 17.9. The summed E-state index contributed by atoms with van der Waals surface area (Å²) in [5.74, 6) is -1.02. The number of pyridine rings is 1. The van der Waals surface area contributed by atoms with E-state index in [1.165, 1.54) is 23.9 Å². The second kappa shape index (κ2) is 15.0. The summed E-state index contributed by atoms with van der Waals surface area (Å²) in [6.07, 6.45) is 3.56. The second-order valence-corrected chi connectivity index (χ2v) is 13.2. The summed E-state index contributed by atoms with van der Waals surface area (Å²) in [5, 5.41) is 17.9. The molecule has 2 amide bonds. The Hall–Kier alpha value is -3.94. The number of nitrogens with zero attached hydrogens (tertiary/aromatic N) is 2. The van der Waals surface area contributed by atoms with Gasteiger partial charge in [0.05, 0.1) is 10.3 Å². The molecule has 3 atom stereocenters. The lowest BCUT2D eigenvalue weighted by atomic mass is 10.0. The first-order valence-corrected chi connectivity index (χ1v) is 16.4. The number of rotatable bonds is 14. The Morgan fingerprint density at radius 2 is 1.74 bits per heavy atom. The number of hydrogen-bond donors (Lipinski definition) is 4. The van der Waals surface area contributed by atoms with Crippen molar-refractivity contribution in [3.8, 4) is 0 Å². The zero-order chi connectivity index (χ0) is 30.8. The lowest BCUT2D eigenvalue weighted by Gasteiger charge is -2.27. The number of anilines is 2. The van der Waals surface area contributed by atoms with Gasteiger partial charge >= 0.3 is 5.97 Å². The minimum atomic E-state index is -3.97. The van der Waals surface area contributed by atoms with Crippen LogP contribution in [0.1, 0.15) is 31.7 Å². The molecule has 11 nitrogen and oxygen atoms in total. The molecule has 0 aliphatic carbocycles. The number of aliphatic carboxylic acids is 1. The highest BCUT2D eigenvalue weighted by molar-refractivity contribution is 8.01. The molecule has 2 aromatic carbocycles. The molecule has 228 valence electrons. The smallest absolute Gasteiger partial charge is 0.326 e. The standard InChI is InChI=1S/C30H35N5O6S2/c1-21-35(43(40,41)24-9-3-2-4-10-24)26(20-42-21)29(37)34-25(30(38)39)19-22-13-15-23(16-14-22)33-28(36)12-6-8-18-32-27-11-5-7-17-31-27/h2-5,7,9-11,13-17,21,25-26H,6,8,12,18-20H2,1H3,(H,31,32)(H,33,36)(H,34,37)(H,38,39)/t21?,25-,26-/m0/s1. The molecule has 1 saturated heterocycles. The van der Waals surface area contributed by atoms with Crippen molar-refractivity contribution in [3.63, 3.8) is 0 Å². The number of sulfonamides is 1. The molecule has 4 N–H and O–H groups in total.